The Morgan fingerprint density at radius 3 is 2.40 bits per heavy atom. The molecule has 30 heavy (non-hydrogen) atoms. The molecule has 3 aromatic rings. The maximum Gasteiger partial charge on any atom is 0.343 e. The fourth-order valence-corrected chi connectivity index (χ4v) is 2.80. The Kier molecular flexibility index (Phi) is 6.46. The van der Waals surface area contributed by atoms with Gasteiger partial charge in [0.15, 0.2) is 11.5 Å². The summed E-state index contributed by atoms with van der Waals surface area (Å²) in [5, 5.41) is 9.61. The van der Waals surface area contributed by atoms with Crippen molar-refractivity contribution in [3.8, 4) is 23.3 Å². The van der Waals surface area contributed by atoms with Crippen molar-refractivity contribution in [2.24, 2.45) is 0 Å². The van der Waals surface area contributed by atoms with Gasteiger partial charge in [-0.1, -0.05) is 18.2 Å². The van der Waals surface area contributed by atoms with Crippen LogP contribution in [0.1, 0.15) is 21.5 Å². The zero-order valence-corrected chi connectivity index (χ0v) is 16.4. The molecule has 0 aliphatic rings. The first-order valence-electron chi connectivity index (χ1n) is 8.96. The molecule has 0 aromatic heterocycles. The van der Waals surface area contributed by atoms with Crippen molar-refractivity contribution in [2.45, 2.75) is 0 Å². The monoisotopic (exact) mass is 403 g/mol. The summed E-state index contributed by atoms with van der Waals surface area (Å²) in [5.74, 6) is 0.159. The molecule has 0 unspecified atom stereocenters. The number of nitrogens with zero attached hydrogens (tertiary/aromatic N) is 1. The highest BCUT2D eigenvalue weighted by Crippen LogP contribution is 2.31. The Morgan fingerprint density at radius 2 is 1.70 bits per heavy atom. The van der Waals surface area contributed by atoms with Gasteiger partial charge >= 0.3 is 5.97 Å². The number of hydrogen-bond acceptors (Lipinski definition) is 5. The second-order valence-corrected chi connectivity index (χ2v) is 6.21. The third-order valence-electron chi connectivity index (χ3n) is 4.25. The number of carbonyl (C=O) groups excluding carboxylic acids is 1. The van der Waals surface area contributed by atoms with Crippen LogP contribution in [-0.4, -0.2) is 20.2 Å². The van der Waals surface area contributed by atoms with Crippen LogP contribution in [-0.2, 0) is 0 Å². The number of esters is 1. The van der Waals surface area contributed by atoms with E-state index in [1.54, 1.807) is 48.5 Å². The van der Waals surface area contributed by atoms with Gasteiger partial charge < -0.3 is 14.2 Å². The van der Waals surface area contributed by atoms with E-state index < -0.39 is 11.8 Å². The molecule has 150 valence electrons. The number of methoxy groups -OCH3 is 2. The summed E-state index contributed by atoms with van der Waals surface area (Å²) in [6.45, 7) is 0. The number of benzene rings is 3. The summed E-state index contributed by atoms with van der Waals surface area (Å²) >= 11 is 0. The average molecular weight is 403 g/mol. The molecule has 0 radical (unpaired) electrons. The summed E-state index contributed by atoms with van der Waals surface area (Å²) in [4.78, 5) is 12.2. The molecule has 3 rings (SSSR count). The van der Waals surface area contributed by atoms with Gasteiger partial charge in [0.05, 0.1) is 31.4 Å². The van der Waals surface area contributed by atoms with Crippen molar-refractivity contribution in [1.82, 2.24) is 0 Å². The molecule has 0 saturated heterocycles. The van der Waals surface area contributed by atoms with Gasteiger partial charge in [-0.3, -0.25) is 0 Å². The minimum Gasteiger partial charge on any atom is -0.493 e. The first kappa shape index (κ1) is 20.6. The number of nitriles is 1. The quantitative estimate of drug-likeness (QED) is 0.247. The number of allylic oxidation sites excluding steroid dienone is 1. The van der Waals surface area contributed by atoms with E-state index >= 15 is 0 Å². The Labute approximate surface area is 173 Å². The topological polar surface area (TPSA) is 68.5 Å². The number of rotatable bonds is 6. The molecule has 6 heteroatoms. The van der Waals surface area contributed by atoms with Crippen molar-refractivity contribution >= 4 is 17.6 Å². The summed E-state index contributed by atoms with van der Waals surface area (Å²) in [6.07, 6.45) is 1.67. The summed E-state index contributed by atoms with van der Waals surface area (Å²) in [6, 6.07) is 19.3. The minimum absolute atomic E-state index is 0.110. The van der Waals surface area contributed by atoms with Crippen LogP contribution in [0.3, 0.4) is 0 Å². The number of hydrogen-bond donors (Lipinski definition) is 0. The zero-order chi connectivity index (χ0) is 21.5. The van der Waals surface area contributed by atoms with E-state index in [-0.39, 0.29) is 11.3 Å². The Balaban J connectivity index is 1.86. The largest absolute Gasteiger partial charge is 0.493 e. The molecule has 0 spiro atoms. The Bertz CT molecular complexity index is 1150. The Hall–Kier alpha value is -4.11. The molecule has 0 aliphatic heterocycles. The standard InChI is InChI=1S/C24H18FNO4/c1-28-22-10-9-17(14-23(22)29-2)19(15-26)11-16-5-3-8-21(12-16)30-24(27)18-6-4-7-20(25)13-18/h3-14H,1-2H3/b19-11-. The van der Waals surface area contributed by atoms with Crippen molar-refractivity contribution in [1.29, 1.82) is 5.26 Å². The smallest absolute Gasteiger partial charge is 0.343 e. The molecule has 0 heterocycles. The lowest BCUT2D eigenvalue weighted by Crippen LogP contribution is -2.08. The van der Waals surface area contributed by atoms with Crippen LogP contribution in [0.15, 0.2) is 66.7 Å². The highest BCUT2D eigenvalue weighted by molar-refractivity contribution is 5.92. The SMILES string of the molecule is COc1ccc(/C(C#N)=C\c2cccc(OC(=O)c3cccc(F)c3)c2)cc1OC. The van der Waals surface area contributed by atoms with E-state index in [2.05, 4.69) is 6.07 Å². The van der Waals surface area contributed by atoms with Gasteiger partial charge in [-0.25, -0.2) is 9.18 Å². The van der Waals surface area contributed by atoms with Crippen LogP contribution in [0.2, 0.25) is 0 Å². The van der Waals surface area contributed by atoms with Gasteiger partial charge in [-0.05, 0) is 65.7 Å². The minimum atomic E-state index is -0.670. The van der Waals surface area contributed by atoms with Crippen LogP contribution >= 0.6 is 0 Å². The predicted molar refractivity (Wildman–Crippen MR) is 111 cm³/mol. The number of halogens is 1. The molecule has 0 amide bonds. The highest BCUT2D eigenvalue weighted by Gasteiger charge is 2.11. The van der Waals surface area contributed by atoms with Gasteiger partial charge in [-0.2, -0.15) is 5.26 Å². The average Bonchev–Trinajstić information content (AvgIpc) is 2.77. The van der Waals surface area contributed by atoms with Crippen molar-refractivity contribution < 1.29 is 23.4 Å². The molecular formula is C24H18FNO4. The molecular weight excluding hydrogens is 385 g/mol. The maximum atomic E-state index is 13.3. The molecule has 0 saturated carbocycles. The van der Waals surface area contributed by atoms with Gasteiger partial charge in [0.25, 0.3) is 0 Å². The van der Waals surface area contributed by atoms with Crippen LogP contribution < -0.4 is 14.2 Å². The van der Waals surface area contributed by atoms with Crippen molar-refractivity contribution in [2.75, 3.05) is 14.2 Å². The third kappa shape index (κ3) is 4.83. The van der Waals surface area contributed by atoms with Crippen LogP contribution in [0.5, 0.6) is 17.2 Å². The number of carbonyl (C=O) groups is 1. The fourth-order valence-electron chi connectivity index (χ4n) is 2.80. The van der Waals surface area contributed by atoms with E-state index in [1.807, 2.05) is 0 Å². The van der Waals surface area contributed by atoms with Crippen LogP contribution in [0.25, 0.3) is 11.6 Å². The molecule has 0 fully saturated rings. The van der Waals surface area contributed by atoms with Crippen LogP contribution in [0.4, 0.5) is 4.39 Å². The number of ether oxygens (including phenoxy) is 3. The molecule has 0 atom stereocenters. The molecule has 0 aliphatic carbocycles. The molecule has 0 bridgehead atoms. The predicted octanol–water partition coefficient (Wildman–Crippen LogP) is 5.13. The van der Waals surface area contributed by atoms with E-state index in [0.29, 0.717) is 28.2 Å². The lowest BCUT2D eigenvalue weighted by atomic mass is 10.0. The van der Waals surface area contributed by atoms with E-state index in [1.165, 1.54) is 32.4 Å². The first-order chi connectivity index (χ1) is 14.5. The summed E-state index contributed by atoms with van der Waals surface area (Å²) in [5.41, 5.74) is 1.81. The molecule has 0 N–H and O–H groups in total. The summed E-state index contributed by atoms with van der Waals surface area (Å²) < 4.78 is 29.2. The first-order valence-corrected chi connectivity index (χ1v) is 8.96. The third-order valence-corrected chi connectivity index (χ3v) is 4.25. The van der Waals surface area contributed by atoms with E-state index in [9.17, 15) is 14.4 Å². The fraction of sp³-hybridized carbons (Fsp3) is 0.0833. The maximum absolute atomic E-state index is 13.3. The highest BCUT2D eigenvalue weighted by atomic mass is 19.1. The van der Waals surface area contributed by atoms with Crippen molar-refractivity contribution in [3.63, 3.8) is 0 Å². The normalized spacial score (nSPS) is 10.8. The lowest BCUT2D eigenvalue weighted by Gasteiger charge is -2.09. The summed E-state index contributed by atoms with van der Waals surface area (Å²) in [7, 11) is 3.06. The van der Waals surface area contributed by atoms with E-state index in [0.717, 1.165) is 6.07 Å². The van der Waals surface area contributed by atoms with Gasteiger partial charge in [0, 0.05) is 0 Å². The second-order valence-electron chi connectivity index (χ2n) is 6.21. The molecule has 3 aromatic carbocycles. The van der Waals surface area contributed by atoms with Crippen molar-refractivity contribution in [3.05, 3.63) is 89.2 Å². The Morgan fingerprint density at radius 1 is 0.933 bits per heavy atom. The lowest BCUT2D eigenvalue weighted by molar-refractivity contribution is 0.0734. The van der Waals surface area contributed by atoms with E-state index in [4.69, 9.17) is 14.2 Å². The van der Waals surface area contributed by atoms with Gasteiger partial charge in [0.2, 0.25) is 0 Å². The van der Waals surface area contributed by atoms with Gasteiger partial charge in [-0.15, -0.1) is 0 Å². The zero-order valence-electron chi connectivity index (χ0n) is 16.4. The van der Waals surface area contributed by atoms with Crippen LogP contribution in [0, 0.1) is 17.1 Å². The second kappa shape index (κ2) is 9.39. The molecule has 5 nitrogen and oxygen atoms in total. The van der Waals surface area contributed by atoms with Gasteiger partial charge in [0.1, 0.15) is 11.6 Å².